The van der Waals surface area contributed by atoms with Crippen molar-refractivity contribution < 1.29 is 9.47 Å². The monoisotopic (exact) mass is 333 g/mol. The molecule has 0 bridgehead atoms. The molecule has 0 spiro atoms. The van der Waals surface area contributed by atoms with E-state index in [4.69, 9.17) is 15.2 Å². The largest absolute Gasteiger partial charge is 0.457 e. The van der Waals surface area contributed by atoms with Gasteiger partial charge in [0.25, 0.3) is 0 Å². The number of rotatable bonds is 4. The molecule has 3 nitrogen and oxygen atoms in total. The van der Waals surface area contributed by atoms with Gasteiger partial charge in [-0.05, 0) is 65.6 Å². The molecule has 0 aliphatic heterocycles. The summed E-state index contributed by atoms with van der Waals surface area (Å²) in [6.07, 6.45) is 0. The highest BCUT2D eigenvalue weighted by atomic mass is 16.5. The third-order valence-corrected chi connectivity index (χ3v) is 3.87. The van der Waals surface area contributed by atoms with Gasteiger partial charge in [-0.1, -0.05) is 39.0 Å². The van der Waals surface area contributed by atoms with E-state index >= 15 is 0 Å². The Morgan fingerprint density at radius 3 is 1.68 bits per heavy atom. The van der Waals surface area contributed by atoms with Crippen LogP contribution in [0.3, 0.4) is 0 Å². The van der Waals surface area contributed by atoms with Crippen molar-refractivity contribution in [3.63, 3.8) is 0 Å². The molecular weight excluding hydrogens is 310 g/mol. The molecule has 0 fully saturated rings. The average Bonchev–Trinajstić information content (AvgIpc) is 2.58. The minimum Gasteiger partial charge on any atom is -0.457 e. The molecule has 0 saturated heterocycles. The van der Waals surface area contributed by atoms with E-state index in [-0.39, 0.29) is 5.41 Å². The van der Waals surface area contributed by atoms with Crippen LogP contribution in [0.25, 0.3) is 0 Å². The van der Waals surface area contributed by atoms with Gasteiger partial charge in [0.15, 0.2) is 0 Å². The van der Waals surface area contributed by atoms with Gasteiger partial charge in [-0.3, -0.25) is 0 Å². The second kappa shape index (κ2) is 6.89. The molecule has 3 rings (SSSR count). The lowest BCUT2D eigenvalue weighted by molar-refractivity contribution is 0.467. The van der Waals surface area contributed by atoms with Gasteiger partial charge < -0.3 is 15.2 Å². The fourth-order valence-corrected chi connectivity index (χ4v) is 2.58. The minimum absolute atomic E-state index is 0.0309. The predicted molar refractivity (Wildman–Crippen MR) is 103 cm³/mol. The van der Waals surface area contributed by atoms with Gasteiger partial charge in [-0.2, -0.15) is 0 Å². The molecule has 0 aliphatic rings. The molecular formula is C22H23NO2. The normalized spacial score (nSPS) is 11.2. The van der Waals surface area contributed by atoms with Gasteiger partial charge in [0.05, 0.1) is 0 Å². The molecule has 0 aliphatic carbocycles. The van der Waals surface area contributed by atoms with Crippen LogP contribution >= 0.6 is 0 Å². The van der Waals surface area contributed by atoms with Crippen molar-refractivity contribution in [3.8, 4) is 23.0 Å². The van der Waals surface area contributed by atoms with Gasteiger partial charge in [0, 0.05) is 5.69 Å². The topological polar surface area (TPSA) is 44.5 Å². The highest BCUT2D eigenvalue weighted by molar-refractivity contribution is 5.54. The van der Waals surface area contributed by atoms with E-state index in [9.17, 15) is 0 Å². The average molecular weight is 333 g/mol. The van der Waals surface area contributed by atoms with E-state index in [1.54, 1.807) is 0 Å². The maximum atomic E-state index is 6.09. The maximum absolute atomic E-state index is 6.09. The van der Waals surface area contributed by atoms with E-state index in [1.807, 2.05) is 72.8 Å². The SMILES string of the molecule is CC(C)(C)c1cc(Oc2ccc(Oc3ccccc3)cc2)ccc1N. The highest BCUT2D eigenvalue weighted by Gasteiger charge is 2.17. The van der Waals surface area contributed by atoms with Crippen LogP contribution in [0.15, 0.2) is 72.8 Å². The Bertz CT molecular complexity index is 834. The fourth-order valence-electron chi connectivity index (χ4n) is 2.58. The van der Waals surface area contributed by atoms with Crippen molar-refractivity contribution in [1.29, 1.82) is 0 Å². The number of hydrogen-bond donors (Lipinski definition) is 1. The van der Waals surface area contributed by atoms with Crippen molar-refractivity contribution in [3.05, 3.63) is 78.4 Å². The van der Waals surface area contributed by atoms with Crippen LogP contribution in [0.4, 0.5) is 5.69 Å². The predicted octanol–water partition coefficient (Wildman–Crippen LogP) is 6.15. The number of para-hydroxylation sites is 1. The number of nitrogen functional groups attached to an aromatic ring is 1. The minimum atomic E-state index is -0.0309. The molecule has 2 N–H and O–H groups in total. The summed E-state index contributed by atoms with van der Waals surface area (Å²) in [4.78, 5) is 0. The zero-order valence-corrected chi connectivity index (χ0v) is 14.8. The van der Waals surface area contributed by atoms with Crippen LogP contribution in [0.1, 0.15) is 26.3 Å². The van der Waals surface area contributed by atoms with E-state index in [2.05, 4.69) is 20.8 Å². The summed E-state index contributed by atoms with van der Waals surface area (Å²) in [6.45, 7) is 6.41. The second-order valence-corrected chi connectivity index (χ2v) is 6.99. The van der Waals surface area contributed by atoms with Crippen LogP contribution in [-0.2, 0) is 5.41 Å². The van der Waals surface area contributed by atoms with E-state index in [1.165, 1.54) is 0 Å². The van der Waals surface area contributed by atoms with Crippen molar-refractivity contribution in [2.75, 3.05) is 5.73 Å². The third kappa shape index (κ3) is 4.32. The summed E-state index contributed by atoms with van der Waals surface area (Å²) in [5.74, 6) is 3.11. The summed E-state index contributed by atoms with van der Waals surface area (Å²) < 4.78 is 11.8. The Labute approximate surface area is 149 Å². The van der Waals surface area contributed by atoms with Crippen molar-refractivity contribution in [2.24, 2.45) is 0 Å². The van der Waals surface area contributed by atoms with Gasteiger partial charge in [-0.15, -0.1) is 0 Å². The number of hydrogen-bond acceptors (Lipinski definition) is 3. The van der Waals surface area contributed by atoms with Crippen LogP contribution in [-0.4, -0.2) is 0 Å². The first-order valence-electron chi connectivity index (χ1n) is 8.33. The summed E-state index contributed by atoms with van der Waals surface area (Å²) in [5.41, 5.74) is 7.92. The fraction of sp³-hybridized carbons (Fsp3) is 0.182. The molecule has 0 saturated carbocycles. The molecule has 25 heavy (non-hydrogen) atoms. The van der Waals surface area contributed by atoms with Gasteiger partial charge >= 0.3 is 0 Å². The van der Waals surface area contributed by atoms with Gasteiger partial charge in [0.1, 0.15) is 23.0 Å². The first kappa shape index (κ1) is 16.9. The molecule has 3 heteroatoms. The van der Waals surface area contributed by atoms with Crippen molar-refractivity contribution in [1.82, 2.24) is 0 Å². The smallest absolute Gasteiger partial charge is 0.127 e. The Balaban J connectivity index is 1.74. The summed E-state index contributed by atoms with van der Waals surface area (Å²) in [7, 11) is 0. The third-order valence-electron chi connectivity index (χ3n) is 3.87. The first-order valence-corrected chi connectivity index (χ1v) is 8.33. The summed E-state index contributed by atoms with van der Waals surface area (Å²) >= 11 is 0. The van der Waals surface area contributed by atoms with E-state index < -0.39 is 0 Å². The second-order valence-electron chi connectivity index (χ2n) is 6.99. The van der Waals surface area contributed by atoms with Crippen molar-refractivity contribution >= 4 is 5.69 Å². The number of benzene rings is 3. The molecule has 128 valence electrons. The lowest BCUT2D eigenvalue weighted by Gasteiger charge is -2.22. The maximum Gasteiger partial charge on any atom is 0.127 e. The Morgan fingerprint density at radius 1 is 0.640 bits per heavy atom. The highest BCUT2D eigenvalue weighted by Crippen LogP contribution is 2.33. The lowest BCUT2D eigenvalue weighted by Crippen LogP contribution is -2.13. The number of ether oxygens (including phenoxy) is 2. The van der Waals surface area contributed by atoms with E-state index in [0.29, 0.717) is 0 Å². The lowest BCUT2D eigenvalue weighted by atomic mass is 9.86. The molecule has 3 aromatic carbocycles. The molecule has 0 atom stereocenters. The van der Waals surface area contributed by atoms with Gasteiger partial charge in [0.2, 0.25) is 0 Å². The van der Waals surface area contributed by atoms with E-state index in [0.717, 1.165) is 34.2 Å². The number of nitrogens with two attached hydrogens (primary N) is 1. The molecule has 0 amide bonds. The van der Waals surface area contributed by atoms with Crippen LogP contribution in [0, 0.1) is 0 Å². The Morgan fingerprint density at radius 2 is 1.12 bits per heavy atom. The molecule has 0 unspecified atom stereocenters. The van der Waals surface area contributed by atoms with Crippen LogP contribution in [0.2, 0.25) is 0 Å². The van der Waals surface area contributed by atoms with Crippen molar-refractivity contribution in [2.45, 2.75) is 26.2 Å². The van der Waals surface area contributed by atoms with Crippen LogP contribution in [0.5, 0.6) is 23.0 Å². The Hall–Kier alpha value is -2.94. The zero-order valence-electron chi connectivity index (χ0n) is 14.8. The summed E-state index contributed by atoms with van der Waals surface area (Å²) in [6, 6.07) is 23.1. The standard InChI is InChI=1S/C22H23NO2/c1-22(2,3)20-15-19(13-14-21(20)23)25-18-11-9-17(10-12-18)24-16-7-5-4-6-8-16/h4-15H,23H2,1-3H3. The first-order chi connectivity index (χ1) is 11.9. The van der Waals surface area contributed by atoms with Crippen LogP contribution < -0.4 is 15.2 Å². The molecule has 0 radical (unpaired) electrons. The molecule has 3 aromatic rings. The van der Waals surface area contributed by atoms with Gasteiger partial charge in [-0.25, -0.2) is 0 Å². The zero-order chi connectivity index (χ0) is 17.9. The Kier molecular flexibility index (Phi) is 4.66. The summed E-state index contributed by atoms with van der Waals surface area (Å²) in [5, 5.41) is 0. The molecule has 0 aromatic heterocycles. The quantitative estimate of drug-likeness (QED) is 0.582. The number of anilines is 1. The molecule has 0 heterocycles.